The average Bonchev–Trinajstić information content (AvgIpc) is 2.41. The Kier molecular flexibility index (Phi) is 3.56. The number of rotatable bonds is 4. The van der Waals surface area contributed by atoms with Crippen LogP contribution in [0.2, 0.25) is 0 Å². The van der Waals surface area contributed by atoms with E-state index in [0.29, 0.717) is 5.92 Å². The molecule has 82 valence electrons. The number of aliphatic hydroxyl groups excluding tert-OH is 1. The van der Waals surface area contributed by atoms with Crippen LogP contribution >= 0.6 is 23.2 Å². The Morgan fingerprint density at radius 1 is 1.43 bits per heavy atom. The number of halogens is 2. The molecule has 1 aliphatic rings. The summed E-state index contributed by atoms with van der Waals surface area (Å²) < 4.78 is -0.549. The quantitative estimate of drug-likeness (QED) is 0.585. The van der Waals surface area contributed by atoms with Crippen LogP contribution in [0.5, 0.6) is 0 Å². The van der Waals surface area contributed by atoms with E-state index in [-0.39, 0.29) is 12.0 Å². The minimum absolute atomic E-state index is 0.0373. The van der Waals surface area contributed by atoms with Gasteiger partial charge < -0.3 is 5.11 Å². The first-order valence-corrected chi connectivity index (χ1v) is 5.74. The molecule has 1 unspecified atom stereocenters. The third kappa shape index (κ3) is 2.10. The van der Waals surface area contributed by atoms with Crippen molar-refractivity contribution < 1.29 is 5.11 Å². The van der Waals surface area contributed by atoms with Crippen LogP contribution in [0.3, 0.4) is 0 Å². The Hall–Kier alpha value is 0.280. The molecule has 3 heteroatoms. The highest BCUT2D eigenvalue weighted by Crippen LogP contribution is 2.70. The Balaban J connectivity index is 2.39. The molecule has 0 aromatic heterocycles. The smallest absolute Gasteiger partial charge is 0.127 e. The van der Waals surface area contributed by atoms with Gasteiger partial charge in [0.05, 0.1) is 6.61 Å². The zero-order chi connectivity index (χ0) is 11.0. The van der Waals surface area contributed by atoms with Crippen LogP contribution in [-0.2, 0) is 0 Å². The topological polar surface area (TPSA) is 20.2 Å². The van der Waals surface area contributed by atoms with Crippen molar-refractivity contribution in [1.29, 1.82) is 0 Å². The maximum Gasteiger partial charge on any atom is 0.127 e. The molecule has 0 amide bonds. The van der Waals surface area contributed by atoms with E-state index in [1.54, 1.807) is 0 Å². The Morgan fingerprint density at radius 2 is 1.93 bits per heavy atom. The van der Waals surface area contributed by atoms with Gasteiger partial charge in [-0.1, -0.05) is 25.5 Å². The summed E-state index contributed by atoms with van der Waals surface area (Å²) in [7, 11) is 0. The fraction of sp³-hybridized carbons (Fsp3) is 0.818. The Morgan fingerprint density at radius 3 is 2.29 bits per heavy atom. The van der Waals surface area contributed by atoms with Crippen molar-refractivity contribution in [2.24, 2.45) is 11.3 Å². The Labute approximate surface area is 96.1 Å². The molecule has 0 heterocycles. The largest absolute Gasteiger partial charge is 0.392 e. The number of aliphatic hydroxyl groups is 1. The third-order valence-corrected chi connectivity index (χ3v) is 4.85. The Bertz CT molecular complexity index is 230. The van der Waals surface area contributed by atoms with Gasteiger partial charge in [-0.3, -0.25) is 0 Å². The molecule has 0 bridgehead atoms. The van der Waals surface area contributed by atoms with Crippen LogP contribution in [-0.4, -0.2) is 16.0 Å². The standard InChI is InChI=1S/C11H18Cl2O/c1-8(6-7-14)4-5-9-10(2,3)11(9,12)13/h6,9,14H,4-5,7H2,1-3H3. The number of hydrogen-bond donors (Lipinski definition) is 1. The molecule has 1 aliphatic carbocycles. The monoisotopic (exact) mass is 236 g/mol. The second-order valence-electron chi connectivity index (χ2n) is 4.67. The first kappa shape index (κ1) is 12.4. The average molecular weight is 237 g/mol. The predicted octanol–water partition coefficient (Wildman–Crippen LogP) is 3.54. The third-order valence-electron chi connectivity index (χ3n) is 3.35. The minimum atomic E-state index is -0.549. The molecule has 1 fully saturated rings. The van der Waals surface area contributed by atoms with Crippen molar-refractivity contribution in [2.45, 2.75) is 37.9 Å². The van der Waals surface area contributed by atoms with Gasteiger partial charge in [0.1, 0.15) is 4.33 Å². The van der Waals surface area contributed by atoms with Gasteiger partial charge >= 0.3 is 0 Å². The summed E-state index contributed by atoms with van der Waals surface area (Å²) in [5.74, 6) is 0.375. The summed E-state index contributed by atoms with van der Waals surface area (Å²) in [4.78, 5) is 0. The summed E-state index contributed by atoms with van der Waals surface area (Å²) in [6.07, 6.45) is 3.80. The van der Waals surface area contributed by atoms with Crippen LogP contribution in [0.15, 0.2) is 11.6 Å². The highest BCUT2D eigenvalue weighted by atomic mass is 35.5. The molecule has 1 atom stereocenters. The van der Waals surface area contributed by atoms with Crippen molar-refractivity contribution in [1.82, 2.24) is 0 Å². The molecule has 0 aromatic rings. The van der Waals surface area contributed by atoms with Crippen molar-refractivity contribution in [2.75, 3.05) is 6.61 Å². The van der Waals surface area contributed by atoms with Crippen molar-refractivity contribution >= 4 is 23.2 Å². The summed E-state index contributed by atoms with van der Waals surface area (Å²) in [5.41, 5.74) is 1.25. The maximum absolute atomic E-state index is 8.69. The lowest BCUT2D eigenvalue weighted by Crippen LogP contribution is -1.96. The van der Waals surface area contributed by atoms with E-state index >= 15 is 0 Å². The van der Waals surface area contributed by atoms with Gasteiger partial charge in [0, 0.05) is 11.3 Å². The van der Waals surface area contributed by atoms with E-state index in [1.165, 1.54) is 5.57 Å². The van der Waals surface area contributed by atoms with E-state index in [1.807, 2.05) is 13.0 Å². The minimum Gasteiger partial charge on any atom is -0.392 e. The van der Waals surface area contributed by atoms with Gasteiger partial charge in [0.25, 0.3) is 0 Å². The molecule has 0 aliphatic heterocycles. The highest BCUT2D eigenvalue weighted by molar-refractivity contribution is 6.51. The molecule has 0 saturated heterocycles. The molecule has 1 saturated carbocycles. The zero-order valence-electron chi connectivity index (χ0n) is 8.98. The summed E-state index contributed by atoms with van der Waals surface area (Å²) in [6.45, 7) is 6.34. The zero-order valence-corrected chi connectivity index (χ0v) is 10.5. The van der Waals surface area contributed by atoms with Crippen molar-refractivity contribution in [3.8, 4) is 0 Å². The molecule has 1 N–H and O–H groups in total. The molecule has 0 aromatic carbocycles. The van der Waals surface area contributed by atoms with Crippen LogP contribution in [0, 0.1) is 11.3 Å². The van der Waals surface area contributed by atoms with Gasteiger partial charge in [0.15, 0.2) is 0 Å². The highest BCUT2D eigenvalue weighted by Gasteiger charge is 2.69. The maximum atomic E-state index is 8.69. The van der Waals surface area contributed by atoms with E-state index in [2.05, 4.69) is 13.8 Å². The van der Waals surface area contributed by atoms with E-state index in [4.69, 9.17) is 28.3 Å². The van der Waals surface area contributed by atoms with Crippen molar-refractivity contribution in [3.63, 3.8) is 0 Å². The first-order chi connectivity index (χ1) is 6.34. The van der Waals surface area contributed by atoms with E-state index in [0.717, 1.165) is 12.8 Å². The number of hydrogen-bond acceptors (Lipinski definition) is 1. The van der Waals surface area contributed by atoms with Gasteiger partial charge in [-0.2, -0.15) is 0 Å². The second kappa shape index (κ2) is 4.03. The lowest BCUT2D eigenvalue weighted by atomic mass is 10.0. The lowest BCUT2D eigenvalue weighted by Gasteiger charge is -2.01. The summed E-state index contributed by atoms with van der Waals surface area (Å²) >= 11 is 12.3. The van der Waals surface area contributed by atoms with Crippen LogP contribution in [0.1, 0.15) is 33.6 Å². The number of allylic oxidation sites excluding steroid dienone is 1. The summed E-state index contributed by atoms with van der Waals surface area (Å²) in [5, 5.41) is 8.69. The van der Waals surface area contributed by atoms with E-state index in [9.17, 15) is 0 Å². The number of alkyl halides is 2. The van der Waals surface area contributed by atoms with Gasteiger partial charge in [0.2, 0.25) is 0 Å². The fourth-order valence-corrected chi connectivity index (χ4v) is 2.85. The molecule has 1 nitrogen and oxygen atoms in total. The molecular formula is C11H18Cl2O. The lowest BCUT2D eigenvalue weighted by molar-refractivity contribution is 0.341. The molecule has 0 radical (unpaired) electrons. The second-order valence-corrected chi connectivity index (χ2v) is 6.05. The van der Waals surface area contributed by atoms with Gasteiger partial charge in [-0.15, -0.1) is 23.2 Å². The van der Waals surface area contributed by atoms with E-state index < -0.39 is 4.33 Å². The molecule has 1 rings (SSSR count). The van der Waals surface area contributed by atoms with Gasteiger partial charge in [-0.25, -0.2) is 0 Å². The van der Waals surface area contributed by atoms with Crippen LogP contribution in [0.4, 0.5) is 0 Å². The van der Waals surface area contributed by atoms with Gasteiger partial charge in [-0.05, 0) is 19.8 Å². The fourth-order valence-electron chi connectivity index (χ4n) is 1.93. The molecule has 14 heavy (non-hydrogen) atoms. The van der Waals surface area contributed by atoms with Crippen LogP contribution in [0.25, 0.3) is 0 Å². The molecular weight excluding hydrogens is 219 g/mol. The predicted molar refractivity (Wildman–Crippen MR) is 61.8 cm³/mol. The van der Waals surface area contributed by atoms with Crippen molar-refractivity contribution in [3.05, 3.63) is 11.6 Å². The van der Waals surface area contributed by atoms with Crippen LogP contribution < -0.4 is 0 Å². The normalized spacial score (nSPS) is 29.0. The molecule has 0 spiro atoms. The first-order valence-electron chi connectivity index (χ1n) is 4.98. The summed E-state index contributed by atoms with van der Waals surface area (Å²) in [6, 6.07) is 0. The SMILES string of the molecule is CC(=CCO)CCC1C(C)(C)C1(Cl)Cl.